The summed E-state index contributed by atoms with van der Waals surface area (Å²) in [6.07, 6.45) is 3.16. The van der Waals surface area contributed by atoms with E-state index >= 15 is 0 Å². The van der Waals surface area contributed by atoms with Crippen LogP contribution in [0.1, 0.15) is 46.5 Å². The molecular weight excluding hydrogens is 284 g/mol. The van der Waals surface area contributed by atoms with Crippen LogP contribution in [0.15, 0.2) is 4.99 Å². The van der Waals surface area contributed by atoms with E-state index in [1.807, 2.05) is 20.8 Å². The van der Waals surface area contributed by atoms with Crippen molar-refractivity contribution in [2.45, 2.75) is 63.6 Å². The van der Waals surface area contributed by atoms with E-state index in [1.54, 1.807) is 9.80 Å². The molecule has 2 aliphatic heterocycles. The van der Waals surface area contributed by atoms with Crippen LogP contribution in [0.5, 0.6) is 0 Å². The van der Waals surface area contributed by atoms with E-state index < -0.39 is 11.1 Å². The standard InChI is InChI=1S/C15H24N4O3/c1-14(2,3)22-13(21)18-8-4-7-15(9-18)11(16)17-12(20)19(15)10-5-6-10/h10H,4-9H2,1-3H3,(H2,16,17,20). The van der Waals surface area contributed by atoms with Crippen LogP contribution in [0.25, 0.3) is 0 Å². The van der Waals surface area contributed by atoms with Gasteiger partial charge < -0.3 is 20.3 Å². The minimum absolute atomic E-state index is 0.218. The van der Waals surface area contributed by atoms with Crippen LogP contribution in [0.2, 0.25) is 0 Å². The van der Waals surface area contributed by atoms with Crippen LogP contribution < -0.4 is 5.73 Å². The zero-order chi connectivity index (χ0) is 16.1. The van der Waals surface area contributed by atoms with Crippen LogP contribution in [-0.2, 0) is 4.74 Å². The molecule has 0 bridgehead atoms. The van der Waals surface area contributed by atoms with Gasteiger partial charge in [0.05, 0.1) is 6.54 Å². The Morgan fingerprint density at radius 3 is 2.68 bits per heavy atom. The summed E-state index contributed by atoms with van der Waals surface area (Å²) >= 11 is 0. The Hall–Kier alpha value is -1.79. The summed E-state index contributed by atoms with van der Waals surface area (Å²) in [5, 5.41) is 0. The average Bonchev–Trinajstić information content (AvgIpc) is 3.18. The number of urea groups is 1. The van der Waals surface area contributed by atoms with Crippen molar-refractivity contribution in [3.63, 3.8) is 0 Å². The fourth-order valence-electron chi connectivity index (χ4n) is 3.33. The molecular formula is C15H24N4O3. The van der Waals surface area contributed by atoms with Crippen molar-refractivity contribution in [1.82, 2.24) is 9.80 Å². The lowest BCUT2D eigenvalue weighted by atomic mass is 9.86. The number of carbonyl (C=O) groups excluding carboxylic acids is 2. The minimum Gasteiger partial charge on any atom is -0.444 e. The van der Waals surface area contributed by atoms with Crippen LogP contribution >= 0.6 is 0 Å². The van der Waals surface area contributed by atoms with Crippen LogP contribution in [0, 0.1) is 0 Å². The third-order valence-electron chi connectivity index (χ3n) is 4.39. The number of piperidine rings is 1. The maximum absolute atomic E-state index is 12.4. The Morgan fingerprint density at radius 1 is 1.41 bits per heavy atom. The monoisotopic (exact) mass is 308 g/mol. The number of amides is 3. The Morgan fingerprint density at radius 2 is 2.09 bits per heavy atom. The highest BCUT2D eigenvalue weighted by molar-refractivity contribution is 6.06. The number of rotatable bonds is 1. The van der Waals surface area contributed by atoms with Gasteiger partial charge in [-0.25, -0.2) is 9.59 Å². The van der Waals surface area contributed by atoms with E-state index in [0.717, 1.165) is 25.7 Å². The van der Waals surface area contributed by atoms with Gasteiger partial charge in [-0.05, 0) is 46.5 Å². The predicted molar refractivity (Wildman–Crippen MR) is 81.7 cm³/mol. The average molecular weight is 308 g/mol. The Labute approximate surface area is 130 Å². The van der Waals surface area contributed by atoms with Gasteiger partial charge in [-0.15, -0.1) is 0 Å². The van der Waals surface area contributed by atoms with E-state index in [9.17, 15) is 9.59 Å². The molecule has 3 rings (SSSR count). The van der Waals surface area contributed by atoms with Gasteiger partial charge in [-0.3, -0.25) is 0 Å². The second-order valence-electron chi connectivity index (χ2n) is 7.42. The van der Waals surface area contributed by atoms with Gasteiger partial charge in [0.15, 0.2) is 0 Å². The van der Waals surface area contributed by atoms with Gasteiger partial charge in [0, 0.05) is 12.6 Å². The van der Waals surface area contributed by atoms with E-state index in [4.69, 9.17) is 10.5 Å². The molecule has 122 valence electrons. The lowest BCUT2D eigenvalue weighted by Crippen LogP contribution is -2.64. The van der Waals surface area contributed by atoms with Gasteiger partial charge in [0.2, 0.25) is 0 Å². The third-order valence-corrected chi connectivity index (χ3v) is 4.39. The molecule has 2 N–H and O–H groups in total. The van der Waals surface area contributed by atoms with Crippen LogP contribution in [0.3, 0.4) is 0 Å². The number of ether oxygens (including phenoxy) is 1. The molecule has 1 aliphatic carbocycles. The summed E-state index contributed by atoms with van der Waals surface area (Å²) in [7, 11) is 0. The summed E-state index contributed by atoms with van der Waals surface area (Å²) in [4.78, 5) is 32.0. The number of amidine groups is 1. The summed E-state index contributed by atoms with van der Waals surface area (Å²) in [5.41, 5.74) is 4.92. The SMILES string of the molecule is CC(C)(C)OC(=O)N1CCCC2(C1)C(N)=NC(=O)N2C1CC1. The molecule has 1 saturated heterocycles. The van der Waals surface area contributed by atoms with Gasteiger partial charge in [-0.1, -0.05) is 0 Å². The Kier molecular flexibility index (Phi) is 3.34. The summed E-state index contributed by atoms with van der Waals surface area (Å²) < 4.78 is 5.46. The number of aliphatic imine (C=N–C) groups is 1. The van der Waals surface area contributed by atoms with Crippen molar-refractivity contribution in [2.75, 3.05) is 13.1 Å². The molecule has 7 heteroatoms. The molecule has 1 saturated carbocycles. The van der Waals surface area contributed by atoms with Crippen LogP contribution in [-0.4, -0.2) is 58.0 Å². The molecule has 0 aromatic carbocycles. The number of hydrogen-bond donors (Lipinski definition) is 1. The van der Waals surface area contributed by atoms with Crippen LogP contribution in [0.4, 0.5) is 9.59 Å². The largest absolute Gasteiger partial charge is 0.444 e. The maximum atomic E-state index is 12.4. The third kappa shape index (κ3) is 2.53. The van der Waals surface area contributed by atoms with Crippen molar-refractivity contribution in [1.29, 1.82) is 0 Å². The molecule has 2 heterocycles. The summed E-state index contributed by atoms with van der Waals surface area (Å²) in [6.45, 7) is 6.53. The number of hydrogen-bond acceptors (Lipinski definition) is 4. The first-order valence-electron chi connectivity index (χ1n) is 7.89. The van der Waals surface area contributed by atoms with E-state index in [-0.39, 0.29) is 18.2 Å². The molecule has 7 nitrogen and oxygen atoms in total. The van der Waals surface area contributed by atoms with E-state index in [2.05, 4.69) is 4.99 Å². The predicted octanol–water partition coefficient (Wildman–Crippen LogP) is 1.71. The number of likely N-dealkylation sites (tertiary alicyclic amines) is 1. The van der Waals surface area contributed by atoms with Crippen molar-refractivity contribution >= 4 is 18.0 Å². The molecule has 1 unspecified atom stereocenters. The smallest absolute Gasteiger partial charge is 0.410 e. The van der Waals surface area contributed by atoms with Gasteiger partial charge in [0.25, 0.3) is 0 Å². The van der Waals surface area contributed by atoms with Crippen molar-refractivity contribution in [3.8, 4) is 0 Å². The normalized spacial score (nSPS) is 29.0. The lowest BCUT2D eigenvalue weighted by Gasteiger charge is -2.45. The summed E-state index contributed by atoms with van der Waals surface area (Å²) in [5.74, 6) is 0.345. The first-order chi connectivity index (χ1) is 10.2. The zero-order valence-corrected chi connectivity index (χ0v) is 13.5. The topological polar surface area (TPSA) is 88.2 Å². The first kappa shape index (κ1) is 15.1. The highest BCUT2D eigenvalue weighted by Gasteiger charge is 2.56. The number of carbonyl (C=O) groups is 2. The highest BCUT2D eigenvalue weighted by Crippen LogP contribution is 2.41. The molecule has 22 heavy (non-hydrogen) atoms. The van der Waals surface area contributed by atoms with Crippen molar-refractivity contribution in [3.05, 3.63) is 0 Å². The number of nitrogens with two attached hydrogens (primary N) is 1. The first-order valence-corrected chi connectivity index (χ1v) is 7.89. The molecule has 2 fully saturated rings. The highest BCUT2D eigenvalue weighted by atomic mass is 16.6. The lowest BCUT2D eigenvalue weighted by molar-refractivity contribution is 0.00764. The summed E-state index contributed by atoms with van der Waals surface area (Å²) in [6, 6.07) is -0.0399. The molecule has 0 aromatic heterocycles. The molecule has 1 atom stereocenters. The van der Waals surface area contributed by atoms with Crippen molar-refractivity contribution in [2.24, 2.45) is 10.7 Å². The van der Waals surface area contributed by atoms with Gasteiger partial charge in [-0.2, -0.15) is 4.99 Å². The Bertz CT molecular complexity index is 535. The second kappa shape index (κ2) is 4.86. The Balaban J connectivity index is 1.81. The van der Waals surface area contributed by atoms with E-state index in [1.165, 1.54) is 0 Å². The molecule has 1 spiro atoms. The van der Waals surface area contributed by atoms with E-state index in [0.29, 0.717) is 18.9 Å². The molecule has 0 aromatic rings. The zero-order valence-electron chi connectivity index (χ0n) is 13.5. The maximum Gasteiger partial charge on any atom is 0.410 e. The van der Waals surface area contributed by atoms with Gasteiger partial charge in [0.1, 0.15) is 17.0 Å². The fraction of sp³-hybridized carbons (Fsp3) is 0.800. The fourth-order valence-corrected chi connectivity index (χ4v) is 3.33. The van der Waals surface area contributed by atoms with Gasteiger partial charge >= 0.3 is 12.1 Å². The molecule has 3 amide bonds. The van der Waals surface area contributed by atoms with Crippen molar-refractivity contribution < 1.29 is 14.3 Å². The number of nitrogens with zero attached hydrogens (tertiary/aromatic N) is 3. The molecule has 0 radical (unpaired) electrons. The molecule has 3 aliphatic rings. The minimum atomic E-state index is -0.632. The quantitative estimate of drug-likeness (QED) is 0.798. The second-order valence-corrected chi connectivity index (χ2v) is 7.42.